The fraction of sp³-hybridized carbons (Fsp3) is 0.500. The lowest BCUT2D eigenvalue weighted by atomic mass is 10.0. The quantitative estimate of drug-likeness (QED) is 0.925. The maximum Gasteiger partial charge on any atom is 0.227 e. The van der Waals surface area contributed by atoms with Crippen LogP contribution in [0.2, 0.25) is 0 Å². The van der Waals surface area contributed by atoms with Gasteiger partial charge in [-0.15, -0.1) is 0 Å². The molecule has 2 atom stereocenters. The van der Waals surface area contributed by atoms with E-state index in [0.717, 1.165) is 42.7 Å². The highest BCUT2D eigenvalue weighted by atomic mass is 16.3. The standard InChI is InChI=1S/C18H22N2O2/c1-11-3-16-13(10-22-17(16)4-12(11)2)5-18(21)20-8-14-6-19-7-15(14)9-20/h3-4,10,14-15,19H,5-9H2,1-2H3/t14-,15+. The van der Waals surface area contributed by atoms with Crippen LogP contribution >= 0.6 is 0 Å². The Kier molecular flexibility index (Phi) is 3.22. The Morgan fingerprint density at radius 3 is 2.64 bits per heavy atom. The number of amides is 1. The molecular formula is C18H22N2O2. The van der Waals surface area contributed by atoms with Gasteiger partial charge in [-0.05, 0) is 48.9 Å². The Bertz CT molecular complexity index is 722. The molecule has 1 aromatic carbocycles. The number of aryl methyl sites for hydroxylation is 2. The van der Waals surface area contributed by atoms with E-state index in [9.17, 15) is 4.79 Å². The van der Waals surface area contributed by atoms with Gasteiger partial charge in [0, 0.05) is 37.1 Å². The second-order valence-electron chi connectivity index (χ2n) is 6.85. The van der Waals surface area contributed by atoms with E-state index in [2.05, 4.69) is 31.3 Å². The van der Waals surface area contributed by atoms with Crippen LogP contribution in [0.4, 0.5) is 0 Å². The number of likely N-dealkylation sites (tertiary alicyclic amines) is 1. The van der Waals surface area contributed by atoms with E-state index in [-0.39, 0.29) is 5.91 Å². The van der Waals surface area contributed by atoms with Crippen molar-refractivity contribution in [2.45, 2.75) is 20.3 Å². The molecule has 1 amide bonds. The molecule has 2 aliphatic heterocycles. The normalized spacial score (nSPS) is 24.2. The zero-order chi connectivity index (χ0) is 15.3. The third kappa shape index (κ3) is 2.22. The number of nitrogens with zero attached hydrogens (tertiary/aromatic N) is 1. The summed E-state index contributed by atoms with van der Waals surface area (Å²) >= 11 is 0. The average Bonchev–Trinajstić information content (AvgIpc) is 3.15. The van der Waals surface area contributed by atoms with E-state index in [1.807, 2.05) is 4.90 Å². The molecule has 0 bridgehead atoms. The first-order valence-electron chi connectivity index (χ1n) is 8.07. The maximum atomic E-state index is 12.6. The third-order valence-corrected chi connectivity index (χ3v) is 5.35. The number of carbonyl (C=O) groups is 1. The molecule has 3 heterocycles. The number of nitrogens with one attached hydrogen (secondary N) is 1. The summed E-state index contributed by atoms with van der Waals surface area (Å²) < 4.78 is 5.64. The van der Waals surface area contributed by atoms with Gasteiger partial charge in [-0.2, -0.15) is 0 Å². The second kappa shape index (κ2) is 5.13. The van der Waals surface area contributed by atoms with Crippen molar-refractivity contribution in [1.82, 2.24) is 10.2 Å². The highest BCUT2D eigenvalue weighted by molar-refractivity contribution is 5.88. The Balaban J connectivity index is 1.54. The molecule has 1 N–H and O–H groups in total. The fourth-order valence-electron chi connectivity index (χ4n) is 3.81. The summed E-state index contributed by atoms with van der Waals surface area (Å²) in [6, 6.07) is 4.20. The van der Waals surface area contributed by atoms with Gasteiger partial charge in [0.2, 0.25) is 5.91 Å². The van der Waals surface area contributed by atoms with Gasteiger partial charge in [-0.25, -0.2) is 0 Å². The summed E-state index contributed by atoms with van der Waals surface area (Å²) in [4.78, 5) is 14.6. The van der Waals surface area contributed by atoms with Crippen LogP contribution in [0.3, 0.4) is 0 Å². The maximum absolute atomic E-state index is 12.6. The van der Waals surface area contributed by atoms with E-state index in [0.29, 0.717) is 18.3 Å². The molecule has 0 aliphatic carbocycles. The molecule has 116 valence electrons. The van der Waals surface area contributed by atoms with Crippen molar-refractivity contribution >= 4 is 16.9 Å². The lowest BCUT2D eigenvalue weighted by Crippen LogP contribution is -2.32. The zero-order valence-corrected chi connectivity index (χ0v) is 13.2. The van der Waals surface area contributed by atoms with Crippen molar-refractivity contribution in [3.8, 4) is 0 Å². The van der Waals surface area contributed by atoms with Crippen LogP contribution in [0.5, 0.6) is 0 Å². The van der Waals surface area contributed by atoms with Gasteiger partial charge in [-0.1, -0.05) is 0 Å². The minimum Gasteiger partial charge on any atom is -0.464 e. The monoisotopic (exact) mass is 298 g/mol. The van der Waals surface area contributed by atoms with Gasteiger partial charge in [0.05, 0.1) is 12.7 Å². The molecule has 2 saturated heterocycles. The summed E-state index contributed by atoms with van der Waals surface area (Å²) in [7, 11) is 0. The van der Waals surface area contributed by atoms with Crippen LogP contribution in [-0.4, -0.2) is 37.0 Å². The SMILES string of the molecule is Cc1cc2occ(CC(=O)N3C[C@H]4CNC[C@H]4C3)c2cc1C. The molecule has 0 saturated carbocycles. The minimum absolute atomic E-state index is 0.232. The molecule has 0 radical (unpaired) electrons. The van der Waals surface area contributed by atoms with Crippen molar-refractivity contribution in [3.63, 3.8) is 0 Å². The predicted octanol–water partition coefficient (Wildman–Crippen LogP) is 2.27. The first kappa shape index (κ1) is 13.8. The number of fused-ring (bicyclic) bond motifs is 2. The van der Waals surface area contributed by atoms with Gasteiger partial charge in [-0.3, -0.25) is 4.79 Å². The number of furan rings is 1. The van der Waals surface area contributed by atoms with Gasteiger partial charge in [0.15, 0.2) is 0 Å². The minimum atomic E-state index is 0.232. The molecule has 2 aliphatic rings. The first-order chi connectivity index (χ1) is 10.6. The van der Waals surface area contributed by atoms with Crippen molar-refractivity contribution in [2.75, 3.05) is 26.2 Å². The molecule has 4 heteroatoms. The number of carbonyl (C=O) groups excluding carboxylic acids is 1. The van der Waals surface area contributed by atoms with Crippen LogP contribution in [0, 0.1) is 25.7 Å². The molecule has 0 unspecified atom stereocenters. The Hall–Kier alpha value is -1.81. The third-order valence-electron chi connectivity index (χ3n) is 5.35. The average molecular weight is 298 g/mol. The lowest BCUT2D eigenvalue weighted by Gasteiger charge is -2.17. The molecule has 2 fully saturated rings. The highest BCUT2D eigenvalue weighted by Gasteiger charge is 2.37. The van der Waals surface area contributed by atoms with Gasteiger partial charge < -0.3 is 14.6 Å². The molecule has 4 rings (SSSR count). The fourth-order valence-corrected chi connectivity index (χ4v) is 3.81. The van der Waals surface area contributed by atoms with E-state index >= 15 is 0 Å². The lowest BCUT2D eigenvalue weighted by molar-refractivity contribution is -0.129. The van der Waals surface area contributed by atoms with Crippen molar-refractivity contribution in [1.29, 1.82) is 0 Å². The first-order valence-corrected chi connectivity index (χ1v) is 8.07. The molecule has 22 heavy (non-hydrogen) atoms. The zero-order valence-electron chi connectivity index (χ0n) is 13.2. The van der Waals surface area contributed by atoms with Crippen LogP contribution in [0.25, 0.3) is 11.0 Å². The number of benzene rings is 1. The van der Waals surface area contributed by atoms with Crippen molar-refractivity contribution < 1.29 is 9.21 Å². The molecule has 2 aromatic rings. The van der Waals surface area contributed by atoms with Gasteiger partial charge in [0.1, 0.15) is 5.58 Å². The Labute approximate surface area is 130 Å². The Morgan fingerprint density at radius 2 is 1.91 bits per heavy atom. The molecule has 1 aromatic heterocycles. The largest absolute Gasteiger partial charge is 0.464 e. The van der Waals surface area contributed by atoms with Crippen LogP contribution < -0.4 is 5.32 Å². The van der Waals surface area contributed by atoms with Gasteiger partial charge >= 0.3 is 0 Å². The van der Waals surface area contributed by atoms with E-state index in [1.54, 1.807) is 6.26 Å². The van der Waals surface area contributed by atoms with E-state index < -0.39 is 0 Å². The summed E-state index contributed by atoms with van der Waals surface area (Å²) in [5.74, 6) is 1.53. The highest BCUT2D eigenvalue weighted by Crippen LogP contribution is 2.29. The number of rotatable bonds is 2. The Morgan fingerprint density at radius 1 is 1.23 bits per heavy atom. The summed E-state index contributed by atoms with van der Waals surface area (Å²) in [5, 5.41) is 4.49. The summed E-state index contributed by atoms with van der Waals surface area (Å²) in [6.07, 6.45) is 2.20. The smallest absolute Gasteiger partial charge is 0.227 e. The van der Waals surface area contributed by atoms with Crippen LogP contribution in [0.15, 0.2) is 22.8 Å². The van der Waals surface area contributed by atoms with Crippen LogP contribution in [-0.2, 0) is 11.2 Å². The van der Waals surface area contributed by atoms with Crippen LogP contribution in [0.1, 0.15) is 16.7 Å². The van der Waals surface area contributed by atoms with E-state index in [1.165, 1.54) is 11.1 Å². The molecular weight excluding hydrogens is 276 g/mol. The van der Waals surface area contributed by atoms with Crippen molar-refractivity contribution in [2.24, 2.45) is 11.8 Å². The molecule has 4 nitrogen and oxygen atoms in total. The summed E-state index contributed by atoms with van der Waals surface area (Å²) in [6.45, 7) is 8.11. The molecule has 0 spiro atoms. The van der Waals surface area contributed by atoms with Gasteiger partial charge in [0.25, 0.3) is 0 Å². The second-order valence-corrected chi connectivity index (χ2v) is 6.85. The predicted molar refractivity (Wildman–Crippen MR) is 85.8 cm³/mol. The topological polar surface area (TPSA) is 45.5 Å². The summed E-state index contributed by atoms with van der Waals surface area (Å²) in [5.41, 5.74) is 4.36. The van der Waals surface area contributed by atoms with Crippen molar-refractivity contribution in [3.05, 3.63) is 35.1 Å². The number of hydrogen-bond acceptors (Lipinski definition) is 3. The number of hydrogen-bond donors (Lipinski definition) is 1. The van der Waals surface area contributed by atoms with E-state index in [4.69, 9.17) is 4.42 Å².